The van der Waals surface area contributed by atoms with Crippen molar-refractivity contribution in [2.75, 3.05) is 25.0 Å². The van der Waals surface area contributed by atoms with Crippen LogP contribution < -0.4 is 10.6 Å². The molecule has 2 aromatic heterocycles. The number of nitrogens with zero attached hydrogens (tertiary/aromatic N) is 4. The molecular formula is C23H26N6O3. The lowest BCUT2D eigenvalue weighted by Crippen LogP contribution is -2.44. The first kappa shape index (κ1) is 21.6. The summed E-state index contributed by atoms with van der Waals surface area (Å²) < 4.78 is 5.45. The molecule has 0 unspecified atom stereocenters. The van der Waals surface area contributed by atoms with Gasteiger partial charge in [0.15, 0.2) is 0 Å². The number of aryl methyl sites for hydroxylation is 1. The molecule has 166 valence electrons. The Morgan fingerprint density at radius 2 is 1.94 bits per heavy atom. The number of benzene rings is 1. The number of urea groups is 1. The average Bonchev–Trinajstić information content (AvgIpc) is 3.28. The first-order chi connectivity index (χ1) is 15.5. The number of nitrogens with one attached hydrogen (secondary N) is 2. The van der Waals surface area contributed by atoms with Gasteiger partial charge in [-0.3, -0.25) is 20.0 Å². The van der Waals surface area contributed by atoms with Crippen LogP contribution in [0.4, 0.5) is 10.5 Å². The van der Waals surface area contributed by atoms with Gasteiger partial charge in [0.1, 0.15) is 5.69 Å². The highest BCUT2D eigenvalue weighted by Gasteiger charge is 2.26. The minimum Gasteiger partial charge on any atom is -0.339 e. The largest absolute Gasteiger partial charge is 0.339 e. The molecule has 3 heterocycles. The minimum absolute atomic E-state index is 0.145. The minimum atomic E-state index is -0.522. The molecular weight excluding hydrogens is 408 g/mol. The molecule has 1 saturated heterocycles. The number of piperidine rings is 1. The van der Waals surface area contributed by atoms with Crippen LogP contribution in [0.1, 0.15) is 35.8 Å². The Morgan fingerprint density at radius 1 is 1.12 bits per heavy atom. The Bertz CT molecular complexity index is 1090. The Morgan fingerprint density at radius 3 is 2.69 bits per heavy atom. The highest BCUT2D eigenvalue weighted by atomic mass is 16.5. The highest BCUT2D eigenvalue weighted by Crippen LogP contribution is 2.28. The quantitative estimate of drug-likeness (QED) is 0.633. The van der Waals surface area contributed by atoms with Gasteiger partial charge in [-0.1, -0.05) is 23.4 Å². The third kappa shape index (κ3) is 5.17. The molecule has 9 nitrogen and oxygen atoms in total. The fraction of sp³-hybridized carbons (Fsp3) is 0.348. The molecule has 2 N–H and O–H groups in total. The van der Waals surface area contributed by atoms with Crippen molar-refractivity contribution < 1.29 is 14.1 Å². The van der Waals surface area contributed by atoms with Gasteiger partial charge in [0.2, 0.25) is 17.6 Å². The van der Waals surface area contributed by atoms with E-state index in [4.69, 9.17) is 4.52 Å². The maximum absolute atomic E-state index is 12.3. The van der Waals surface area contributed by atoms with Gasteiger partial charge in [-0.15, -0.1) is 0 Å². The SMILES string of the molecule is Cc1cccc(NC(=O)NC(=O)CN2CCC(c3nc(-c4ccccn4)no3)CC2)c1C. The van der Waals surface area contributed by atoms with E-state index < -0.39 is 6.03 Å². The van der Waals surface area contributed by atoms with E-state index in [9.17, 15) is 9.59 Å². The molecule has 1 aliphatic heterocycles. The lowest BCUT2D eigenvalue weighted by molar-refractivity contribution is -0.121. The summed E-state index contributed by atoms with van der Waals surface area (Å²) >= 11 is 0. The fourth-order valence-corrected chi connectivity index (χ4v) is 3.75. The Hall–Kier alpha value is -3.59. The molecule has 3 aromatic rings. The summed E-state index contributed by atoms with van der Waals surface area (Å²) in [4.78, 5) is 35.3. The van der Waals surface area contributed by atoms with E-state index in [1.54, 1.807) is 6.20 Å². The molecule has 3 amide bonds. The van der Waals surface area contributed by atoms with Gasteiger partial charge < -0.3 is 9.84 Å². The summed E-state index contributed by atoms with van der Waals surface area (Å²) in [5, 5.41) is 9.19. The van der Waals surface area contributed by atoms with Crippen molar-refractivity contribution in [1.29, 1.82) is 0 Å². The molecule has 0 bridgehead atoms. The number of likely N-dealkylation sites (tertiary alicyclic amines) is 1. The number of anilines is 1. The number of carbonyl (C=O) groups is 2. The predicted octanol–water partition coefficient (Wildman–Crippen LogP) is 3.28. The number of rotatable bonds is 5. The van der Waals surface area contributed by atoms with E-state index >= 15 is 0 Å². The van der Waals surface area contributed by atoms with Crippen molar-refractivity contribution in [3.8, 4) is 11.5 Å². The van der Waals surface area contributed by atoms with Gasteiger partial charge in [-0.25, -0.2) is 4.79 Å². The Kier molecular flexibility index (Phi) is 6.55. The molecule has 32 heavy (non-hydrogen) atoms. The van der Waals surface area contributed by atoms with Crippen molar-refractivity contribution in [2.45, 2.75) is 32.6 Å². The second kappa shape index (κ2) is 9.69. The maximum atomic E-state index is 12.3. The van der Waals surface area contributed by atoms with Crippen LogP contribution in [-0.2, 0) is 4.79 Å². The molecule has 0 radical (unpaired) electrons. The molecule has 4 rings (SSSR count). The van der Waals surface area contributed by atoms with Crippen LogP contribution in [0, 0.1) is 13.8 Å². The average molecular weight is 435 g/mol. The van der Waals surface area contributed by atoms with Crippen molar-refractivity contribution in [2.24, 2.45) is 0 Å². The number of amides is 3. The summed E-state index contributed by atoms with van der Waals surface area (Å²) in [7, 11) is 0. The van der Waals surface area contributed by atoms with Crippen LogP contribution in [0.25, 0.3) is 11.5 Å². The van der Waals surface area contributed by atoms with E-state index in [2.05, 4.69) is 25.8 Å². The molecule has 1 fully saturated rings. The summed E-state index contributed by atoms with van der Waals surface area (Å²) in [6.07, 6.45) is 3.29. The third-order valence-electron chi connectivity index (χ3n) is 5.75. The highest BCUT2D eigenvalue weighted by molar-refractivity contribution is 6.02. The van der Waals surface area contributed by atoms with E-state index in [-0.39, 0.29) is 18.4 Å². The predicted molar refractivity (Wildman–Crippen MR) is 119 cm³/mol. The maximum Gasteiger partial charge on any atom is 0.325 e. The monoisotopic (exact) mass is 434 g/mol. The zero-order chi connectivity index (χ0) is 22.5. The molecule has 0 atom stereocenters. The van der Waals surface area contributed by atoms with Crippen LogP contribution in [-0.4, -0.2) is 51.6 Å². The standard InChI is InChI=1S/C23H26N6O3/c1-15-6-5-8-18(16(15)2)25-23(31)26-20(30)14-29-12-9-17(10-13-29)22-27-21(28-32-22)19-7-3-4-11-24-19/h3-8,11,17H,9-10,12-14H2,1-2H3,(H2,25,26,30,31). The van der Waals surface area contributed by atoms with E-state index in [1.165, 1.54) is 0 Å². The van der Waals surface area contributed by atoms with Crippen LogP contribution in [0.2, 0.25) is 0 Å². The second-order valence-electron chi connectivity index (χ2n) is 7.97. The zero-order valence-electron chi connectivity index (χ0n) is 18.2. The van der Waals surface area contributed by atoms with E-state index in [0.29, 0.717) is 36.2 Å². The Labute approximate surface area is 186 Å². The van der Waals surface area contributed by atoms with Gasteiger partial charge >= 0.3 is 6.03 Å². The van der Waals surface area contributed by atoms with Crippen molar-refractivity contribution in [3.05, 3.63) is 59.6 Å². The number of hydrogen-bond acceptors (Lipinski definition) is 7. The van der Waals surface area contributed by atoms with Gasteiger partial charge in [-0.05, 0) is 69.1 Å². The zero-order valence-corrected chi connectivity index (χ0v) is 18.2. The summed E-state index contributed by atoms with van der Waals surface area (Å²) in [6, 6.07) is 10.7. The first-order valence-corrected chi connectivity index (χ1v) is 10.6. The molecule has 0 aliphatic carbocycles. The molecule has 1 aromatic carbocycles. The van der Waals surface area contributed by atoms with Crippen LogP contribution in [0.5, 0.6) is 0 Å². The first-order valence-electron chi connectivity index (χ1n) is 10.6. The fourth-order valence-electron chi connectivity index (χ4n) is 3.75. The molecule has 1 aliphatic rings. The van der Waals surface area contributed by atoms with E-state index in [1.807, 2.05) is 55.1 Å². The number of hydrogen-bond donors (Lipinski definition) is 2. The summed E-state index contributed by atoms with van der Waals surface area (Å²) in [5.74, 6) is 0.897. The van der Waals surface area contributed by atoms with Gasteiger partial charge in [0, 0.05) is 17.8 Å². The van der Waals surface area contributed by atoms with Crippen molar-refractivity contribution >= 4 is 17.6 Å². The Balaban J connectivity index is 1.24. The smallest absolute Gasteiger partial charge is 0.325 e. The number of pyridine rings is 1. The normalized spacial score (nSPS) is 14.8. The molecule has 9 heteroatoms. The number of aromatic nitrogens is 3. The van der Waals surface area contributed by atoms with Crippen molar-refractivity contribution in [1.82, 2.24) is 25.3 Å². The summed E-state index contributed by atoms with van der Waals surface area (Å²) in [5.41, 5.74) is 3.42. The number of imide groups is 1. The lowest BCUT2D eigenvalue weighted by Gasteiger charge is -2.29. The van der Waals surface area contributed by atoms with E-state index in [0.717, 1.165) is 24.0 Å². The van der Waals surface area contributed by atoms with Gasteiger partial charge in [0.05, 0.1) is 6.54 Å². The summed E-state index contributed by atoms with van der Waals surface area (Å²) in [6.45, 7) is 5.48. The topological polar surface area (TPSA) is 113 Å². The van der Waals surface area contributed by atoms with Gasteiger partial charge in [-0.2, -0.15) is 4.98 Å². The number of carbonyl (C=O) groups excluding carboxylic acids is 2. The van der Waals surface area contributed by atoms with Crippen molar-refractivity contribution in [3.63, 3.8) is 0 Å². The van der Waals surface area contributed by atoms with Crippen LogP contribution in [0.3, 0.4) is 0 Å². The second-order valence-corrected chi connectivity index (χ2v) is 7.97. The molecule has 0 spiro atoms. The molecule has 0 saturated carbocycles. The third-order valence-corrected chi connectivity index (χ3v) is 5.75. The van der Waals surface area contributed by atoms with Crippen LogP contribution in [0.15, 0.2) is 47.1 Å². The van der Waals surface area contributed by atoms with Crippen LogP contribution >= 0.6 is 0 Å². The lowest BCUT2D eigenvalue weighted by atomic mass is 9.97. The van der Waals surface area contributed by atoms with Gasteiger partial charge in [0.25, 0.3) is 0 Å².